The van der Waals surface area contributed by atoms with Gasteiger partial charge in [0.05, 0.1) is 18.7 Å². The van der Waals surface area contributed by atoms with Gasteiger partial charge in [0.15, 0.2) is 5.11 Å². The highest BCUT2D eigenvalue weighted by atomic mass is 35.5. The van der Waals surface area contributed by atoms with E-state index in [9.17, 15) is 0 Å². The van der Waals surface area contributed by atoms with Crippen molar-refractivity contribution in [2.75, 3.05) is 12.4 Å². The lowest BCUT2D eigenvalue weighted by Gasteiger charge is -2.31. The van der Waals surface area contributed by atoms with Gasteiger partial charge in [0.2, 0.25) is 0 Å². The largest absolute Gasteiger partial charge is 0.495 e. The topological polar surface area (TPSA) is 24.5 Å². The number of hydrogen-bond donors (Lipinski definition) is 1. The second-order valence-corrected chi connectivity index (χ2v) is 7.75. The van der Waals surface area contributed by atoms with Gasteiger partial charge in [-0.1, -0.05) is 30.5 Å². The van der Waals surface area contributed by atoms with Gasteiger partial charge in [-0.25, -0.2) is 0 Å². The zero-order chi connectivity index (χ0) is 16.9. The summed E-state index contributed by atoms with van der Waals surface area (Å²) in [5.41, 5.74) is 0.889. The van der Waals surface area contributed by atoms with Crippen molar-refractivity contribution >= 4 is 46.0 Å². The number of hydrogen-bond acceptors (Lipinski definition) is 3. The molecule has 0 saturated heterocycles. The molecule has 1 fully saturated rings. The van der Waals surface area contributed by atoms with E-state index in [0.29, 0.717) is 16.8 Å². The highest BCUT2D eigenvalue weighted by Gasteiger charge is 2.25. The zero-order valence-electron chi connectivity index (χ0n) is 13.6. The molecule has 0 unspecified atom stereocenters. The fourth-order valence-corrected chi connectivity index (χ4v) is 4.38. The fraction of sp³-hybridized carbons (Fsp3) is 0.389. The average molecular weight is 381 g/mol. The van der Waals surface area contributed by atoms with E-state index in [0.717, 1.165) is 17.3 Å². The number of nitrogens with zero attached hydrogens (tertiary/aromatic N) is 1. The quantitative estimate of drug-likeness (QED) is 0.687. The molecule has 1 aromatic heterocycles. The molecule has 0 atom stereocenters. The van der Waals surface area contributed by atoms with Crippen molar-refractivity contribution in [1.29, 1.82) is 0 Å². The van der Waals surface area contributed by atoms with Gasteiger partial charge in [0, 0.05) is 16.6 Å². The second kappa shape index (κ2) is 8.19. The second-order valence-electron chi connectivity index (χ2n) is 5.93. The molecule has 0 radical (unpaired) electrons. The summed E-state index contributed by atoms with van der Waals surface area (Å²) in [4.78, 5) is 3.66. The number of ether oxygens (including phenoxy) is 1. The van der Waals surface area contributed by atoms with Crippen molar-refractivity contribution in [3.05, 3.63) is 45.6 Å². The predicted molar refractivity (Wildman–Crippen MR) is 106 cm³/mol. The van der Waals surface area contributed by atoms with Crippen molar-refractivity contribution in [1.82, 2.24) is 4.90 Å². The molecule has 1 heterocycles. The summed E-state index contributed by atoms with van der Waals surface area (Å²) in [6, 6.07) is 10.4. The standard InChI is InChI=1S/C18H21ClN2OS2/c1-22-17-9-8-13(11-16(17)19)20-18(23)21(14-5-2-3-6-14)12-15-7-4-10-24-15/h4,7-11,14H,2-3,5-6,12H2,1H3,(H,20,23). The molecule has 0 spiro atoms. The van der Waals surface area contributed by atoms with E-state index in [1.807, 2.05) is 18.2 Å². The Morgan fingerprint density at radius 2 is 2.17 bits per heavy atom. The van der Waals surface area contributed by atoms with Gasteiger partial charge in [-0.3, -0.25) is 0 Å². The van der Waals surface area contributed by atoms with Crippen LogP contribution in [0.4, 0.5) is 5.69 Å². The van der Waals surface area contributed by atoms with Crippen LogP contribution in [0.25, 0.3) is 0 Å². The highest BCUT2D eigenvalue weighted by Crippen LogP contribution is 2.29. The van der Waals surface area contributed by atoms with Gasteiger partial charge in [-0.15, -0.1) is 11.3 Å². The lowest BCUT2D eigenvalue weighted by molar-refractivity contribution is 0.314. The van der Waals surface area contributed by atoms with Crippen LogP contribution in [0.1, 0.15) is 30.6 Å². The number of methoxy groups -OCH3 is 1. The van der Waals surface area contributed by atoms with Gasteiger partial charge in [-0.05, 0) is 54.7 Å². The van der Waals surface area contributed by atoms with Gasteiger partial charge in [0.25, 0.3) is 0 Å². The van der Waals surface area contributed by atoms with Crippen molar-refractivity contribution in [3.8, 4) is 5.75 Å². The van der Waals surface area contributed by atoms with Crippen LogP contribution in [0.15, 0.2) is 35.7 Å². The van der Waals surface area contributed by atoms with E-state index in [2.05, 4.69) is 27.7 Å². The minimum absolute atomic E-state index is 0.515. The third-order valence-electron chi connectivity index (χ3n) is 4.34. The van der Waals surface area contributed by atoms with Crippen molar-refractivity contribution in [3.63, 3.8) is 0 Å². The third-order valence-corrected chi connectivity index (χ3v) is 5.83. The molecular formula is C18H21ClN2OS2. The minimum Gasteiger partial charge on any atom is -0.495 e. The molecule has 1 saturated carbocycles. The molecule has 1 aliphatic rings. The van der Waals surface area contributed by atoms with E-state index >= 15 is 0 Å². The van der Waals surface area contributed by atoms with Crippen LogP contribution >= 0.6 is 35.2 Å². The maximum atomic E-state index is 6.21. The number of rotatable bonds is 5. The normalized spacial score (nSPS) is 14.6. The fourth-order valence-electron chi connectivity index (χ4n) is 3.09. The number of thiophene rings is 1. The summed E-state index contributed by atoms with van der Waals surface area (Å²) >= 11 is 13.7. The molecule has 128 valence electrons. The molecule has 2 aromatic rings. The Kier molecular flexibility index (Phi) is 5.98. The van der Waals surface area contributed by atoms with Crippen LogP contribution in [0.3, 0.4) is 0 Å². The Morgan fingerprint density at radius 1 is 1.38 bits per heavy atom. The molecule has 0 aliphatic heterocycles. The highest BCUT2D eigenvalue weighted by molar-refractivity contribution is 7.80. The molecule has 0 amide bonds. The first-order valence-corrected chi connectivity index (χ1v) is 9.77. The Labute approximate surface area is 157 Å². The van der Waals surface area contributed by atoms with E-state index in [1.165, 1.54) is 30.6 Å². The minimum atomic E-state index is 0.515. The maximum Gasteiger partial charge on any atom is 0.174 e. The molecule has 0 bridgehead atoms. The molecule has 3 rings (SSSR count). The number of benzene rings is 1. The van der Waals surface area contributed by atoms with Gasteiger partial charge in [-0.2, -0.15) is 0 Å². The van der Waals surface area contributed by atoms with Gasteiger partial charge >= 0.3 is 0 Å². The van der Waals surface area contributed by atoms with Crippen LogP contribution in [0.2, 0.25) is 5.02 Å². The van der Waals surface area contributed by atoms with E-state index in [1.54, 1.807) is 18.4 Å². The first-order chi connectivity index (χ1) is 11.7. The summed E-state index contributed by atoms with van der Waals surface area (Å²) in [5, 5.41) is 6.80. The third kappa shape index (κ3) is 4.21. The predicted octanol–water partition coefficient (Wildman–Crippen LogP) is 5.55. The van der Waals surface area contributed by atoms with Gasteiger partial charge < -0.3 is 15.0 Å². The maximum absolute atomic E-state index is 6.21. The van der Waals surface area contributed by atoms with Crippen molar-refractivity contribution in [2.24, 2.45) is 0 Å². The van der Waals surface area contributed by atoms with E-state index < -0.39 is 0 Å². The monoisotopic (exact) mass is 380 g/mol. The number of nitrogens with one attached hydrogen (secondary N) is 1. The molecule has 3 nitrogen and oxygen atoms in total. The zero-order valence-corrected chi connectivity index (χ0v) is 16.0. The lowest BCUT2D eigenvalue weighted by Crippen LogP contribution is -2.40. The van der Waals surface area contributed by atoms with Crippen LogP contribution < -0.4 is 10.1 Å². The molecule has 1 N–H and O–H groups in total. The molecular weight excluding hydrogens is 360 g/mol. The smallest absolute Gasteiger partial charge is 0.174 e. The summed E-state index contributed by atoms with van der Waals surface area (Å²) in [6.07, 6.45) is 4.97. The first-order valence-electron chi connectivity index (χ1n) is 8.11. The van der Waals surface area contributed by atoms with Gasteiger partial charge in [0.1, 0.15) is 5.75 Å². The Hall–Kier alpha value is -1.30. The average Bonchev–Trinajstić information content (AvgIpc) is 3.26. The molecule has 24 heavy (non-hydrogen) atoms. The molecule has 1 aromatic carbocycles. The molecule has 1 aliphatic carbocycles. The number of halogens is 1. The summed E-state index contributed by atoms with van der Waals surface area (Å²) in [6.45, 7) is 0.859. The van der Waals surface area contributed by atoms with E-state index in [4.69, 9.17) is 28.6 Å². The number of anilines is 1. The first kappa shape index (κ1) is 17.5. The summed E-state index contributed by atoms with van der Waals surface area (Å²) in [7, 11) is 1.61. The van der Waals surface area contributed by atoms with Crippen LogP contribution in [0.5, 0.6) is 5.75 Å². The summed E-state index contributed by atoms with van der Waals surface area (Å²) in [5.74, 6) is 0.666. The molecule has 6 heteroatoms. The van der Waals surface area contributed by atoms with Crippen LogP contribution in [-0.4, -0.2) is 23.2 Å². The Bertz CT molecular complexity index is 684. The Balaban J connectivity index is 1.74. The van der Waals surface area contributed by atoms with Crippen molar-refractivity contribution < 1.29 is 4.74 Å². The van der Waals surface area contributed by atoms with Crippen molar-refractivity contribution in [2.45, 2.75) is 38.3 Å². The Morgan fingerprint density at radius 3 is 2.79 bits per heavy atom. The SMILES string of the molecule is COc1ccc(NC(=S)N(Cc2cccs2)C2CCCC2)cc1Cl. The summed E-state index contributed by atoms with van der Waals surface area (Å²) < 4.78 is 5.20. The van der Waals surface area contributed by atoms with E-state index in [-0.39, 0.29) is 0 Å². The van der Waals surface area contributed by atoms with Crippen LogP contribution in [-0.2, 0) is 6.54 Å². The number of thiocarbonyl (C=S) groups is 1. The van der Waals surface area contributed by atoms with Crippen LogP contribution in [0, 0.1) is 0 Å². The lowest BCUT2D eigenvalue weighted by atomic mass is 10.2.